The van der Waals surface area contributed by atoms with Crippen LogP contribution >= 0.6 is 0 Å². The van der Waals surface area contributed by atoms with Crippen LogP contribution in [0.4, 0.5) is 8.78 Å². The minimum Gasteiger partial charge on any atom is -0.347 e. The third-order valence-electron chi connectivity index (χ3n) is 2.86. The fourth-order valence-electron chi connectivity index (χ4n) is 2.04. The normalized spacial score (nSPS) is 25.8. The molecule has 1 saturated heterocycles. The summed E-state index contributed by atoms with van der Waals surface area (Å²) in [6.45, 7) is 5.22. The quantitative estimate of drug-likeness (QED) is 0.687. The van der Waals surface area contributed by atoms with Crippen molar-refractivity contribution in [2.24, 2.45) is 0 Å². The van der Waals surface area contributed by atoms with Crippen LogP contribution in [0.5, 0.6) is 0 Å². The van der Waals surface area contributed by atoms with Gasteiger partial charge in [0.05, 0.1) is 12.6 Å². The van der Waals surface area contributed by atoms with E-state index in [-0.39, 0.29) is 18.9 Å². The van der Waals surface area contributed by atoms with Crippen molar-refractivity contribution in [1.29, 1.82) is 0 Å². The molecular formula is C11H20F2N2O. The van der Waals surface area contributed by atoms with E-state index in [1.54, 1.807) is 19.0 Å². The van der Waals surface area contributed by atoms with Gasteiger partial charge in [-0.1, -0.05) is 0 Å². The molecule has 0 saturated carbocycles. The number of hydrogen-bond donors (Lipinski definition) is 0. The molecule has 0 bridgehead atoms. The van der Waals surface area contributed by atoms with E-state index < -0.39 is 17.5 Å². The molecule has 1 atom stereocenters. The molecule has 0 radical (unpaired) electrons. The highest BCUT2D eigenvalue weighted by molar-refractivity contribution is 5.82. The summed E-state index contributed by atoms with van der Waals surface area (Å²) >= 11 is 0. The van der Waals surface area contributed by atoms with Crippen LogP contribution in [0.15, 0.2) is 0 Å². The summed E-state index contributed by atoms with van der Waals surface area (Å²) in [7, 11) is 3.19. The molecule has 1 heterocycles. The number of hydrogen-bond acceptors (Lipinski definition) is 2. The molecule has 0 aromatic carbocycles. The lowest BCUT2D eigenvalue weighted by atomic mass is 10.0. The summed E-state index contributed by atoms with van der Waals surface area (Å²) in [5.74, 6) is -3.00. The molecule has 5 heteroatoms. The van der Waals surface area contributed by atoms with E-state index in [0.29, 0.717) is 0 Å². The molecular weight excluding hydrogens is 214 g/mol. The van der Waals surface area contributed by atoms with E-state index in [0.717, 1.165) is 0 Å². The van der Waals surface area contributed by atoms with Gasteiger partial charge in [-0.05, 0) is 20.8 Å². The number of carbonyl (C=O) groups excluding carboxylic acids is 1. The van der Waals surface area contributed by atoms with Crippen molar-refractivity contribution in [3.8, 4) is 0 Å². The second-order valence-electron chi connectivity index (χ2n) is 5.61. The Kier molecular flexibility index (Phi) is 3.29. The number of halogens is 2. The van der Waals surface area contributed by atoms with E-state index in [1.807, 2.05) is 20.8 Å². The summed E-state index contributed by atoms with van der Waals surface area (Å²) in [4.78, 5) is 14.8. The van der Waals surface area contributed by atoms with Gasteiger partial charge in [0.1, 0.15) is 0 Å². The number of likely N-dealkylation sites (tertiary alicyclic amines) is 1. The van der Waals surface area contributed by atoms with Crippen LogP contribution in [-0.2, 0) is 4.79 Å². The third-order valence-corrected chi connectivity index (χ3v) is 2.86. The lowest BCUT2D eigenvalue weighted by Gasteiger charge is -2.36. The first kappa shape index (κ1) is 13.4. The summed E-state index contributed by atoms with van der Waals surface area (Å²) in [5, 5.41) is 0. The molecule has 1 rings (SSSR count). The first-order valence-electron chi connectivity index (χ1n) is 5.40. The van der Waals surface area contributed by atoms with Crippen LogP contribution in [0.2, 0.25) is 0 Å². The van der Waals surface area contributed by atoms with Crippen LogP contribution in [-0.4, -0.2) is 53.9 Å². The molecule has 3 nitrogen and oxygen atoms in total. The summed E-state index contributed by atoms with van der Waals surface area (Å²) in [5.41, 5.74) is -0.420. The van der Waals surface area contributed by atoms with E-state index >= 15 is 0 Å². The van der Waals surface area contributed by atoms with Gasteiger partial charge >= 0.3 is 0 Å². The number of amides is 1. The second kappa shape index (κ2) is 3.95. The number of likely N-dealkylation sites (N-methyl/N-ethyl adjacent to an activating group) is 1. The Bertz CT molecular complexity index is 284. The van der Waals surface area contributed by atoms with Crippen LogP contribution in [0.1, 0.15) is 27.2 Å². The molecule has 94 valence electrons. The molecule has 1 aliphatic rings. The van der Waals surface area contributed by atoms with Crippen molar-refractivity contribution in [2.45, 2.75) is 44.7 Å². The molecule has 1 fully saturated rings. The largest absolute Gasteiger partial charge is 0.347 e. The van der Waals surface area contributed by atoms with Crippen LogP contribution in [0, 0.1) is 0 Å². The Balaban J connectivity index is 2.93. The number of nitrogens with zero attached hydrogens (tertiary/aromatic N) is 2. The Morgan fingerprint density at radius 2 is 1.88 bits per heavy atom. The SMILES string of the molecule is CN(C)C(=O)[C@H]1CC(F)(F)CN1C(C)(C)C. The van der Waals surface area contributed by atoms with Crippen molar-refractivity contribution in [3.63, 3.8) is 0 Å². The highest BCUT2D eigenvalue weighted by Crippen LogP contribution is 2.36. The lowest BCUT2D eigenvalue weighted by molar-refractivity contribution is -0.135. The zero-order valence-electron chi connectivity index (χ0n) is 10.6. The second-order valence-corrected chi connectivity index (χ2v) is 5.61. The van der Waals surface area contributed by atoms with E-state index in [2.05, 4.69) is 0 Å². The molecule has 0 unspecified atom stereocenters. The zero-order valence-corrected chi connectivity index (χ0v) is 10.6. The predicted molar refractivity (Wildman–Crippen MR) is 58.5 cm³/mol. The summed E-state index contributed by atoms with van der Waals surface area (Å²) < 4.78 is 26.8. The Hall–Kier alpha value is -0.710. The maximum Gasteiger partial charge on any atom is 0.262 e. The molecule has 0 aromatic heterocycles. The standard InChI is InChI=1S/C11H20F2N2O/c1-10(2,3)15-7-11(12,13)6-8(15)9(16)14(4)5/h8H,6-7H2,1-5H3/t8-/m1/s1. The van der Waals surface area contributed by atoms with Crippen LogP contribution in [0.3, 0.4) is 0 Å². The van der Waals surface area contributed by atoms with Crippen molar-refractivity contribution in [2.75, 3.05) is 20.6 Å². The Morgan fingerprint density at radius 1 is 1.38 bits per heavy atom. The van der Waals surface area contributed by atoms with Gasteiger partial charge in [-0.15, -0.1) is 0 Å². The highest BCUT2D eigenvalue weighted by atomic mass is 19.3. The van der Waals surface area contributed by atoms with Crippen molar-refractivity contribution in [1.82, 2.24) is 9.80 Å². The predicted octanol–water partition coefficient (Wildman–Crippen LogP) is 1.58. The van der Waals surface area contributed by atoms with Gasteiger partial charge in [-0.25, -0.2) is 8.78 Å². The maximum absolute atomic E-state index is 13.4. The number of alkyl halides is 2. The topological polar surface area (TPSA) is 23.6 Å². The fourth-order valence-corrected chi connectivity index (χ4v) is 2.04. The average Bonchev–Trinajstić information content (AvgIpc) is 2.39. The summed E-state index contributed by atoms with van der Waals surface area (Å²) in [6.07, 6.45) is -0.374. The minimum atomic E-state index is -2.76. The molecule has 1 amide bonds. The molecule has 0 aromatic rings. The summed E-state index contributed by atoms with van der Waals surface area (Å²) in [6, 6.07) is -0.704. The zero-order chi connectivity index (χ0) is 12.7. The molecule has 16 heavy (non-hydrogen) atoms. The first-order chi connectivity index (χ1) is 7.04. The molecule has 0 aliphatic carbocycles. The first-order valence-corrected chi connectivity index (χ1v) is 5.40. The van der Waals surface area contributed by atoms with Crippen LogP contribution < -0.4 is 0 Å². The van der Waals surface area contributed by atoms with Crippen molar-refractivity contribution in [3.05, 3.63) is 0 Å². The monoisotopic (exact) mass is 234 g/mol. The average molecular weight is 234 g/mol. The van der Waals surface area contributed by atoms with E-state index in [1.165, 1.54) is 4.90 Å². The van der Waals surface area contributed by atoms with Gasteiger partial charge in [0.25, 0.3) is 5.92 Å². The van der Waals surface area contributed by atoms with Crippen molar-refractivity contribution < 1.29 is 13.6 Å². The van der Waals surface area contributed by atoms with Gasteiger partial charge in [-0.3, -0.25) is 9.69 Å². The smallest absolute Gasteiger partial charge is 0.262 e. The van der Waals surface area contributed by atoms with Gasteiger partial charge < -0.3 is 4.90 Å². The molecule has 0 spiro atoms. The third kappa shape index (κ3) is 2.70. The Morgan fingerprint density at radius 3 is 2.25 bits per heavy atom. The van der Waals surface area contributed by atoms with Gasteiger partial charge in [0.15, 0.2) is 0 Å². The Labute approximate surface area is 95.4 Å². The van der Waals surface area contributed by atoms with E-state index in [4.69, 9.17) is 0 Å². The van der Waals surface area contributed by atoms with Crippen molar-refractivity contribution >= 4 is 5.91 Å². The fraction of sp³-hybridized carbons (Fsp3) is 0.909. The highest BCUT2D eigenvalue weighted by Gasteiger charge is 2.51. The minimum absolute atomic E-state index is 0.243. The van der Waals surface area contributed by atoms with Gasteiger partial charge in [-0.2, -0.15) is 0 Å². The van der Waals surface area contributed by atoms with Gasteiger partial charge in [0.2, 0.25) is 5.91 Å². The van der Waals surface area contributed by atoms with E-state index in [9.17, 15) is 13.6 Å². The van der Waals surface area contributed by atoms with Crippen LogP contribution in [0.25, 0.3) is 0 Å². The number of rotatable bonds is 1. The number of carbonyl (C=O) groups is 1. The maximum atomic E-state index is 13.4. The lowest BCUT2D eigenvalue weighted by Crippen LogP contribution is -2.51. The van der Waals surface area contributed by atoms with Gasteiger partial charge in [0, 0.05) is 26.1 Å². The molecule has 1 aliphatic heterocycles. The molecule has 0 N–H and O–H groups in total.